The molecule has 1 amide bonds. The zero-order valence-corrected chi connectivity index (χ0v) is 15.0. The summed E-state index contributed by atoms with van der Waals surface area (Å²) < 4.78 is 0. The highest BCUT2D eigenvalue weighted by atomic mass is 35.5. The Morgan fingerprint density at radius 1 is 1.08 bits per heavy atom. The summed E-state index contributed by atoms with van der Waals surface area (Å²) in [5, 5.41) is 0.642. The van der Waals surface area contributed by atoms with Crippen molar-refractivity contribution < 1.29 is 9.69 Å². The first kappa shape index (κ1) is 16.4. The van der Waals surface area contributed by atoms with E-state index in [9.17, 15) is 4.79 Å². The van der Waals surface area contributed by atoms with E-state index < -0.39 is 0 Å². The standard InChI is InChI=1S/C21H21ClN2O/c1-23-18-11-12-19(23)14-20(13-18)24(17-5-3-2-4-6-17)21(25)15-7-9-16(22)10-8-15/h2-10,13,18-19H,11-12,14H2,1H3/p+1. The smallest absolute Gasteiger partial charge is 0.262 e. The van der Waals surface area contributed by atoms with E-state index in [0.29, 0.717) is 22.7 Å². The number of halogens is 1. The Labute approximate surface area is 153 Å². The van der Waals surface area contributed by atoms with Gasteiger partial charge in [0, 0.05) is 41.2 Å². The molecule has 0 saturated carbocycles. The van der Waals surface area contributed by atoms with Crippen LogP contribution < -0.4 is 9.80 Å². The topological polar surface area (TPSA) is 24.8 Å². The highest BCUT2D eigenvalue weighted by molar-refractivity contribution is 6.30. The first-order valence-corrected chi connectivity index (χ1v) is 9.20. The van der Waals surface area contributed by atoms with Gasteiger partial charge in [0.1, 0.15) is 6.04 Å². The molecule has 4 heteroatoms. The summed E-state index contributed by atoms with van der Waals surface area (Å²) in [4.78, 5) is 16.8. The van der Waals surface area contributed by atoms with Crippen molar-refractivity contribution in [2.75, 3.05) is 11.9 Å². The molecule has 3 nitrogen and oxygen atoms in total. The van der Waals surface area contributed by atoms with Crippen LogP contribution in [0.5, 0.6) is 0 Å². The monoisotopic (exact) mass is 353 g/mol. The summed E-state index contributed by atoms with van der Waals surface area (Å²) in [7, 11) is 2.27. The largest absolute Gasteiger partial charge is 0.329 e. The molecule has 128 valence electrons. The summed E-state index contributed by atoms with van der Waals surface area (Å²) in [6, 6.07) is 18.2. The Hall–Kier alpha value is -2.10. The van der Waals surface area contributed by atoms with E-state index in [1.165, 1.54) is 12.8 Å². The number of hydrogen-bond acceptors (Lipinski definition) is 1. The quantitative estimate of drug-likeness (QED) is 0.899. The number of amides is 1. The molecule has 2 aliphatic heterocycles. The number of likely N-dealkylation sites (N-methyl/N-ethyl adjacent to an activating group) is 1. The molecule has 1 N–H and O–H groups in total. The number of carbonyl (C=O) groups excluding carboxylic acids is 1. The normalized spacial score (nSPS) is 24.7. The number of quaternary nitrogens is 1. The molecule has 0 radical (unpaired) electrons. The SMILES string of the molecule is C[NH+]1C2C=C(N(C(=O)c3ccc(Cl)cc3)c3ccccc3)CC1CC2. The molecule has 0 aliphatic carbocycles. The Bertz CT molecular complexity index is 800. The molecule has 0 aromatic heterocycles. The second-order valence-corrected chi connectivity index (χ2v) is 7.41. The van der Waals surface area contributed by atoms with Crippen LogP contribution >= 0.6 is 11.6 Å². The highest BCUT2D eigenvalue weighted by Gasteiger charge is 2.40. The molecule has 3 atom stereocenters. The fourth-order valence-corrected chi connectivity index (χ4v) is 4.17. The summed E-state index contributed by atoms with van der Waals surface area (Å²) in [6.45, 7) is 0. The second-order valence-electron chi connectivity index (χ2n) is 6.97. The molecule has 1 saturated heterocycles. The van der Waals surface area contributed by atoms with Crippen LogP contribution in [0, 0.1) is 0 Å². The molecule has 2 aromatic carbocycles. The Kier molecular flexibility index (Phi) is 4.36. The fraction of sp³-hybridized carbons (Fsp3) is 0.286. The van der Waals surface area contributed by atoms with E-state index in [4.69, 9.17) is 11.6 Å². The fourth-order valence-electron chi connectivity index (χ4n) is 4.05. The number of para-hydroxylation sites is 1. The first-order valence-electron chi connectivity index (χ1n) is 8.82. The lowest BCUT2D eigenvalue weighted by atomic mass is 10.0. The number of benzene rings is 2. The predicted octanol–water partition coefficient (Wildman–Crippen LogP) is 3.32. The average molecular weight is 354 g/mol. The van der Waals surface area contributed by atoms with Crippen molar-refractivity contribution in [2.45, 2.75) is 31.3 Å². The van der Waals surface area contributed by atoms with Gasteiger partial charge in [0.15, 0.2) is 0 Å². The number of anilines is 1. The van der Waals surface area contributed by atoms with Crippen molar-refractivity contribution in [3.8, 4) is 0 Å². The lowest BCUT2D eigenvalue weighted by Gasteiger charge is -2.33. The van der Waals surface area contributed by atoms with Crippen LogP contribution in [0.1, 0.15) is 29.6 Å². The number of nitrogens with one attached hydrogen (secondary N) is 1. The molecule has 1 fully saturated rings. The molecule has 25 heavy (non-hydrogen) atoms. The van der Waals surface area contributed by atoms with E-state index in [1.54, 1.807) is 29.2 Å². The van der Waals surface area contributed by atoms with Crippen LogP contribution in [0.2, 0.25) is 5.02 Å². The van der Waals surface area contributed by atoms with Gasteiger partial charge < -0.3 is 4.90 Å². The minimum absolute atomic E-state index is 0.00747. The number of carbonyl (C=O) groups is 1. The van der Waals surface area contributed by atoms with Crippen molar-refractivity contribution in [3.05, 3.63) is 77.0 Å². The minimum atomic E-state index is 0.00747. The Balaban J connectivity index is 1.74. The third-order valence-corrected chi connectivity index (χ3v) is 5.75. The summed E-state index contributed by atoms with van der Waals surface area (Å²) in [6.07, 6.45) is 5.68. The predicted molar refractivity (Wildman–Crippen MR) is 101 cm³/mol. The molecule has 2 aliphatic rings. The van der Waals surface area contributed by atoms with Crippen LogP contribution in [0.3, 0.4) is 0 Å². The van der Waals surface area contributed by atoms with Crippen LogP contribution in [-0.2, 0) is 0 Å². The third-order valence-electron chi connectivity index (χ3n) is 5.50. The van der Waals surface area contributed by atoms with E-state index >= 15 is 0 Å². The lowest BCUT2D eigenvalue weighted by Crippen LogP contribution is -3.14. The van der Waals surface area contributed by atoms with Gasteiger partial charge in [0.05, 0.1) is 13.1 Å². The van der Waals surface area contributed by atoms with Gasteiger partial charge in [0.25, 0.3) is 5.91 Å². The van der Waals surface area contributed by atoms with Crippen molar-refractivity contribution in [3.63, 3.8) is 0 Å². The van der Waals surface area contributed by atoms with E-state index in [1.807, 2.05) is 35.2 Å². The number of nitrogens with zero attached hydrogens (tertiary/aromatic N) is 1. The second kappa shape index (κ2) is 6.66. The van der Waals surface area contributed by atoms with Gasteiger partial charge in [-0.25, -0.2) is 0 Å². The molecule has 2 heterocycles. The van der Waals surface area contributed by atoms with Gasteiger partial charge in [-0.05, 0) is 42.5 Å². The van der Waals surface area contributed by atoms with Crippen molar-refractivity contribution in [2.24, 2.45) is 0 Å². The zero-order valence-electron chi connectivity index (χ0n) is 14.3. The molecule has 2 bridgehead atoms. The van der Waals surface area contributed by atoms with Gasteiger partial charge in [-0.3, -0.25) is 9.69 Å². The number of hydrogen-bond donors (Lipinski definition) is 1. The molecule has 0 spiro atoms. The van der Waals surface area contributed by atoms with Crippen LogP contribution in [0.4, 0.5) is 5.69 Å². The maximum Gasteiger partial charge on any atom is 0.262 e. The van der Waals surface area contributed by atoms with Crippen molar-refractivity contribution in [1.29, 1.82) is 0 Å². The van der Waals surface area contributed by atoms with Gasteiger partial charge >= 0.3 is 0 Å². The van der Waals surface area contributed by atoms with Crippen LogP contribution in [-0.4, -0.2) is 25.0 Å². The van der Waals surface area contributed by atoms with Crippen molar-refractivity contribution >= 4 is 23.2 Å². The Morgan fingerprint density at radius 3 is 2.48 bits per heavy atom. The van der Waals surface area contributed by atoms with Gasteiger partial charge in [-0.2, -0.15) is 0 Å². The highest BCUT2D eigenvalue weighted by Crippen LogP contribution is 2.30. The van der Waals surface area contributed by atoms with Gasteiger partial charge in [0.2, 0.25) is 0 Å². The molecule has 2 aromatic rings. The van der Waals surface area contributed by atoms with Crippen LogP contribution in [0.15, 0.2) is 66.4 Å². The molecular formula is C21H22ClN2O+. The summed E-state index contributed by atoms with van der Waals surface area (Å²) in [5.41, 5.74) is 2.71. The average Bonchev–Trinajstić information content (AvgIpc) is 2.84. The lowest BCUT2D eigenvalue weighted by molar-refractivity contribution is -0.911. The third kappa shape index (κ3) is 3.10. The molecule has 3 unspecified atom stereocenters. The summed E-state index contributed by atoms with van der Waals surface area (Å²) >= 11 is 5.99. The van der Waals surface area contributed by atoms with Crippen LogP contribution in [0.25, 0.3) is 0 Å². The van der Waals surface area contributed by atoms with Crippen molar-refractivity contribution in [1.82, 2.24) is 0 Å². The number of rotatable bonds is 3. The van der Waals surface area contributed by atoms with E-state index in [2.05, 4.69) is 13.1 Å². The Morgan fingerprint density at radius 2 is 1.80 bits per heavy atom. The van der Waals surface area contributed by atoms with E-state index in [0.717, 1.165) is 17.8 Å². The molecular weight excluding hydrogens is 332 g/mol. The maximum absolute atomic E-state index is 13.3. The molecule has 4 rings (SSSR count). The van der Waals surface area contributed by atoms with Gasteiger partial charge in [-0.1, -0.05) is 29.8 Å². The maximum atomic E-state index is 13.3. The summed E-state index contributed by atoms with van der Waals surface area (Å²) in [5.74, 6) is 0.00747. The minimum Gasteiger partial charge on any atom is -0.329 e. The number of fused-ring (bicyclic) bond motifs is 2. The van der Waals surface area contributed by atoms with Gasteiger partial charge in [-0.15, -0.1) is 0 Å². The zero-order chi connectivity index (χ0) is 17.4. The van der Waals surface area contributed by atoms with E-state index in [-0.39, 0.29) is 5.91 Å². The first-order chi connectivity index (χ1) is 12.1.